The third kappa shape index (κ3) is 5.31. The van der Waals surface area contributed by atoms with E-state index in [1.165, 1.54) is 0 Å². The van der Waals surface area contributed by atoms with Crippen LogP contribution in [0.4, 0.5) is 0 Å². The summed E-state index contributed by atoms with van der Waals surface area (Å²) >= 11 is 0. The Kier molecular flexibility index (Phi) is 7.43. The molecule has 2 aromatic carbocycles. The number of ether oxygens (including phenoxy) is 3. The van der Waals surface area contributed by atoms with E-state index in [0.29, 0.717) is 42.3 Å². The normalized spacial score (nSPS) is 10.5. The minimum Gasteiger partial charge on any atom is -0.493 e. The van der Waals surface area contributed by atoms with Gasteiger partial charge in [-0.05, 0) is 43.7 Å². The SMILES string of the molecule is CCOc1ccc(CN(CC)C(=O)COC(=O)c2cccc3cccnc23)cc1OC. The highest BCUT2D eigenvalue weighted by molar-refractivity contribution is 6.03. The second-order valence-corrected chi connectivity index (χ2v) is 6.78. The van der Waals surface area contributed by atoms with Gasteiger partial charge in [0, 0.05) is 24.7 Å². The van der Waals surface area contributed by atoms with E-state index in [2.05, 4.69) is 4.98 Å². The standard InChI is InChI=1S/C24H26N2O5/c1-4-26(15-17-11-12-20(30-5-2)21(14-17)29-3)22(27)16-31-24(28)19-10-6-8-18-9-7-13-25-23(18)19/h6-14H,4-5,15-16H2,1-3H3. The fourth-order valence-electron chi connectivity index (χ4n) is 3.25. The molecule has 0 unspecified atom stereocenters. The summed E-state index contributed by atoms with van der Waals surface area (Å²) in [7, 11) is 1.58. The number of rotatable bonds is 9. The van der Waals surface area contributed by atoms with E-state index < -0.39 is 5.97 Å². The number of benzene rings is 2. The molecule has 1 amide bonds. The van der Waals surface area contributed by atoms with Gasteiger partial charge >= 0.3 is 5.97 Å². The average Bonchev–Trinajstić information content (AvgIpc) is 2.81. The van der Waals surface area contributed by atoms with Crippen LogP contribution in [0.25, 0.3) is 10.9 Å². The van der Waals surface area contributed by atoms with Crippen molar-refractivity contribution in [1.82, 2.24) is 9.88 Å². The fraction of sp³-hybridized carbons (Fsp3) is 0.292. The predicted molar refractivity (Wildman–Crippen MR) is 117 cm³/mol. The first-order valence-corrected chi connectivity index (χ1v) is 10.2. The van der Waals surface area contributed by atoms with E-state index in [4.69, 9.17) is 14.2 Å². The number of hydrogen-bond acceptors (Lipinski definition) is 6. The van der Waals surface area contributed by atoms with Crippen molar-refractivity contribution in [2.45, 2.75) is 20.4 Å². The lowest BCUT2D eigenvalue weighted by Gasteiger charge is -2.21. The van der Waals surface area contributed by atoms with Crippen LogP contribution in [0.3, 0.4) is 0 Å². The van der Waals surface area contributed by atoms with Crippen LogP contribution in [0, 0.1) is 0 Å². The van der Waals surface area contributed by atoms with Crippen molar-refractivity contribution in [3.63, 3.8) is 0 Å². The molecule has 0 radical (unpaired) electrons. The topological polar surface area (TPSA) is 78.0 Å². The molecule has 1 aromatic heterocycles. The fourth-order valence-corrected chi connectivity index (χ4v) is 3.25. The first kappa shape index (κ1) is 22.1. The molecule has 0 saturated heterocycles. The van der Waals surface area contributed by atoms with Crippen LogP contribution in [0.1, 0.15) is 29.8 Å². The maximum absolute atomic E-state index is 12.7. The maximum Gasteiger partial charge on any atom is 0.340 e. The minimum atomic E-state index is -0.573. The molecule has 3 rings (SSSR count). The van der Waals surface area contributed by atoms with Gasteiger partial charge in [-0.15, -0.1) is 0 Å². The van der Waals surface area contributed by atoms with Crippen molar-refractivity contribution in [2.75, 3.05) is 26.9 Å². The molecule has 0 atom stereocenters. The quantitative estimate of drug-likeness (QED) is 0.488. The van der Waals surface area contributed by atoms with E-state index in [1.807, 2.05) is 44.2 Å². The molecule has 0 aliphatic rings. The molecule has 0 aliphatic carbocycles. The largest absolute Gasteiger partial charge is 0.493 e. The van der Waals surface area contributed by atoms with Gasteiger partial charge in [-0.3, -0.25) is 9.78 Å². The van der Waals surface area contributed by atoms with Gasteiger partial charge in [0.1, 0.15) is 0 Å². The zero-order valence-electron chi connectivity index (χ0n) is 18.0. The molecular weight excluding hydrogens is 396 g/mol. The van der Waals surface area contributed by atoms with E-state index in [-0.39, 0.29) is 12.5 Å². The number of nitrogens with zero attached hydrogens (tertiary/aromatic N) is 2. The van der Waals surface area contributed by atoms with Crippen molar-refractivity contribution in [1.29, 1.82) is 0 Å². The average molecular weight is 422 g/mol. The predicted octanol–water partition coefficient (Wildman–Crippen LogP) is 3.85. The summed E-state index contributed by atoms with van der Waals surface area (Å²) in [6.07, 6.45) is 1.62. The van der Waals surface area contributed by atoms with Crippen LogP contribution in [0.2, 0.25) is 0 Å². The number of pyridine rings is 1. The Morgan fingerprint density at radius 3 is 2.58 bits per heavy atom. The number of carbonyl (C=O) groups excluding carboxylic acids is 2. The number of amides is 1. The van der Waals surface area contributed by atoms with Crippen molar-refractivity contribution >= 4 is 22.8 Å². The van der Waals surface area contributed by atoms with Crippen LogP contribution in [-0.2, 0) is 16.1 Å². The first-order chi connectivity index (χ1) is 15.1. The number of para-hydroxylation sites is 1. The molecule has 0 saturated carbocycles. The van der Waals surface area contributed by atoms with Crippen LogP contribution >= 0.6 is 0 Å². The molecule has 3 aromatic rings. The summed E-state index contributed by atoms with van der Waals surface area (Å²) in [5, 5.41) is 0.836. The zero-order chi connectivity index (χ0) is 22.2. The van der Waals surface area contributed by atoms with E-state index in [9.17, 15) is 9.59 Å². The summed E-state index contributed by atoms with van der Waals surface area (Å²) in [5.74, 6) is 0.409. The number of methoxy groups -OCH3 is 1. The summed E-state index contributed by atoms with van der Waals surface area (Å²) in [5.41, 5.74) is 1.78. The molecular formula is C24H26N2O5. The van der Waals surface area contributed by atoms with Gasteiger partial charge in [0.2, 0.25) is 0 Å². The number of esters is 1. The van der Waals surface area contributed by atoms with Crippen molar-refractivity contribution < 1.29 is 23.8 Å². The van der Waals surface area contributed by atoms with Gasteiger partial charge < -0.3 is 19.1 Å². The van der Waals surface area contributed by atoms with Crippen LogP contribution in [-0.4, -0.2) is 48.6 Å². The highest BCUT2D eigenvalue weighted by Gasteiger charge is 2.18. The first-order valence-electron chi connectivity index (χ1n) is 10.2. The van der Waals surface area contributed by atoms with Gasteiger partial charge in [0.15, 0.2) is 18.1 Å². The summed E-state index contributed by atoms with van der Waals surface area (Å²) in [6.45, 7) is 4.81. The Hall–Kier alpha value is -3.61. The second kappa shape index (κ2) is 10.4. The Bertz CT molecular complexity index is 1060. The van der Waals surface area contributed by atoms with E-state index in [1.54, 1.807) is 36.4 Å². The highest BCUT2D eigenvalue weighted by Crippen LogP contribution is 2.28. The monoisotopic (exact) mass is 422 g/mol. The Morgan fingerprint density at radius 2 is 1.84 bits per heavy atom. The Balaban J connectivity index is 1.65. The third-order valence-electron chi connectivity index (χ3n) is 4.82. The Morgan fingerprint density at radius 1 is 1.03 bits per heavy atom. The van der Waals surface area contributed by atoms with Crippen molar-refractivity contribution in [3.8, 4) is 11.5 Å². The molecule has 0 N–H and O–H groups in total. The number of likely N-dealkylation sites (N-methyl/N-ethyl adjacent to an activating group) is 1. The summed E-state index contributed by atoms with van der Waals surface area (Å²) < 4.78 is 16.2. The molecule has 1 heterocycles. The minimum absolute atomic E-state index is 0.281. The van der Waals surface area contributed by atoms with Crippen molar-refractivity contribution in [2.24, 2.45) is 0 Å². The lowest BCUT2D eigenvalue weighted by molar-refractivity contribution is -0.134. The molecule has 7 heteroatoms. The van der Waals surface area contributed by atoms with Gasteiger partial charge in [-0.1, -0.05) is 24.3 Å². The number of hydrogen-bond donors (Lipinski definition) is 0. The molecule has 0 bridgehead atoms. The van der Waals surface area contributed by atoms with Crippen molar-refractivity contribution in [3.05, 3.63) is 65.9 Å². The molecule has 0 fully saturated rings. The molecule has 0 spiro atoms. The van der Waals surface area contributed by atoms with Gasteiger partial charge in [-0.25, -0.2) is 4.79 Å². The van der Waals surface area contributed by atoms with E-state index >= 15 is 0 Å². The number of aromatic nitrogens is 1. The van der Waals surface area contributed by atoms with Crippen LogP contribution in [0.5, 0.6) is 11.5 Å². The van der Waals surface area contributed by atoms with Gasteiger partial charge in [-0.2, -0.15) is 0 Å². The summed E-state index contributed by atoms with van der Waals surface area (Å²) in [4.78, 5) is 31.1. The third-order valence-corrected chi connectivity index (χ3v) is 4.82. The zero-order valence-corrected chi connectivity index (χ0v) is 18.0. The lowest BCUT2D eigenvalue weighted by atomic mass is 10.1. The molecule has 0 aliphatic heterocycles. The van der Waals surface area contributed by atoms with Crippen LogP contribution < -0.4 is 9.47 Å². The smallest absolute Gasteiger partial charge is 0.340 e. The van der Waals surface area contributed by atoms with Gasteiger partial charge in [0.05, 0.1) is 24.8 Å². The second-order valence-electron chi connectivity index (χ2n) is 6.78. The lowest BCUT2D eigenvalue weighted by Crippen LogP contribution is -2.34. The summed E-state index contributed by atoms with van der Waals surface area (Å²) in [6, 6.07) is 14.5. The Labute approximate surface area is 181 Å². The van der Waals surface area contributed by atoms with Gasteiger partial charge in [0.25, 0.3) is 5.91 Å². The number of carbonyl (C=O) groups is 2. The molecule has 7 nitrogen and oxygen atoms in total. The number of fused-ring (bicyclic) bond motifs is 1. The highest BCUT2D eigenvalue weighted by atomic mass is 16.5. The molecule has 31 heavy (non-hydrogen) atoms. The van der Waals surface area contributed by atoms with Crippen LogP contribution in [0.15, 0.2) is 54.7 Å². The molecule has 162 valence electrons. The maximum atomic E-state index is 12.7. The van der Waals surface area contributed by atoms with E-state index in [0.717, 1.165) is 10.9 Å².